The van der Waals surface area contributed by atoms with Crippen LogP contribution in [-0.2, 0) is 16.9 Å². The Labute approximate surface area is 164 Å². The first-order chi connectivity index (χ1) is 13.3. The number of aromatic nitrogens is 1. The number of methoxy groups -OCH3 is 2. The number of fused-ring (bicyclic) bond motifs is 4. The lowest BCUT2D eigenvalue weighted by Gasteiger charge is -2.39. The summed E-state index contributed by atoms with van der Waals surface area (Å²) in [5, 5.41) is 13.0. The van der Waals surface area contributed by atoms with E-state index in [9.17, 15) is 9.90 Å². The predicted molar refractivity (Wildman–Crippen MR) is 108 cm³/mol. The summed E-state index contributed by atoms with van der Waals surface area (Å²) in [5.41, 5.74) is 4.04. The molecule has 1 atom stereocenters. The van der Waals surface area contributed by atoms with Gasteiger partial charge in [0.15, 0.2) is 5.78 Å². The molecule has 2 heterocycles. The fourth-order valence-electron chi connectivity index (χ4n) is 4.94. The average Bonchev–Trinajstić information content (AvgIpc) is 2.95. The molecule has 5 nitrogen and oxygen atoms in total. The van der Waals surface area contributed by atoms with E-state index in [4.69, 9.17) is 9.47 Å². The maximum Gasteiger partial charge on any atom is 0.229 e. The molecule has 0 saturated heterocycles. The van der Waals surface area contributed by atoms with E-state index in [0.29, 0.717) is 23.5 Å². The number of benzene rings is 2. The summed E-state index contributed by atoms with van der Waals surface area (Å²) < 4.78 is 13.2. The molecule has 0 radical (unpaired) electrons. The lowest BCUT2D eigenvalue weighted by molar-refractivity contribution is -0.139. The highest BCUT2D eigenvalue weighted by molar-refractivity contribution is 5.94. The summed E-state index contributed by atoms with van der Waals surface area (Å²) in [6.07, 6.45) is 0.570. The number of hydrogen-bond acceptors (Lipinski definition) is 4. The van der Waals surface area contributed by atoms with Crippen molar-refractivity contribution in [2.24, 2.45) is 0 Å². The Bertz CT molecular complexity index is 1140. The number of nitrogens with zero attached hydrogens (tertiary/aromatic N) is 1. The third kappa shape index (κ3) is 2.08. The zero-order valence-electron chi connectivity index (χ0n) is 17.1. The van der Waals surface area contributed by atoms with Crippen LogP contribution in [0.5, 0.6) is 11.5 Å². The largest absolute Gasteiger partial charge is 0.496 e. The van der Waals surface area contributed by atoms with Gasteiger partial charge in [-0.2, -0.15) is 0 Å². The van der Waals surface area contributed by atoms with Crippen LogP contribution in [0.2, 0.25) is 0 Å². The number of carbonyl (C=O) groups excluding carboxylic acids is 1. The van der Waals surface area contributed by atoms with E-state index in [1.807, 2.05) is 45.0 Å². The van der Waals surface area contributed by atoms with Gasteiger partial charge in [-0.1, -0.05) is 18.2 Å². The van der Waals surface area contributed by atoms with Crippen LogP contribution in [0.25, 0.3) is 10.9 Å². The molecule has 0 spiro atoms. The first-order valence-electron chi connectivity index (χ1n) is 9.36. The van der Waals surface area contributed by atoms with Crippen molar-refractivity contribution in [1.29, 1.82) is 0 Å². The lowest BCUT2D eigenvalue weighted by atomic mass is 9.82. The number of rotatable bonds is 3. The van der Waals surface area contributed by atoms with Crippen molar-refractivity contribution in [2.75, 3.05) is 14.2 Å². The first kappa shape index (κ1) is 18.6. The second-order valence-corrected chi connectivity index (χ2v) is 7.50. The number of ether oxygens (including phenoxy) is 2. The monoisotopic (exact) mass is 379 g/mol. The van der Waals surface area contributed by atoms with Crippen molar-refractivity contribution >= 4 is 16.7 Å². The Kier molecular flexibility index (Phi) is 4.05. The summed E-state index contributed by atoms with van der Waals surface area (Å²) >= 11 is 0. The number of para-hydroxylation sites is 1. The van der Waals surface area contributed by atoms with E-state index in [1.54, 1.807) is 18.8 Å². The summed E-state index contributed by atoms with van der Waals surface area (Å²) in [6, 6.07) is 7.87. The number of Topliss-reactive ketones (excluding diaryl/α,β-unsaturated/α-hetero) is 1. The van der Waals surface area contributed by atoms with Gasteiger partial charge in [-0.3, -0.25) is 4.79 Å². The van der Waals surface area contributed by atoms with E-state index in [-0.39, 0.29) is 5.78 Å². The number of carbonyl (C=O) groups is 1. The molecule has 146 valence electrons. The molecule has 28 heavy (non-hydrogen) atoms. The van der Waals surface area contributed by atoms with Crippen molar-refractivity contribution in [3.8, 4) is 11.5 Å². The van der Waals surface area contributed by atoms with Gasteiger partial charge in [0, 0.05) is 39.8 Å². The molecule has 0 amide bonds. The fourth-order valence-corrected chi connectivity index (χ4v) is 4.94. The van der Waals surface area contributed by atoms with Crippen molar-refractivity contribution in [3.05, 3.63) is 57.8 Å². The molecular weight excluding hydrogens is 354 g/mol. The van der Waals surface area contributed by atoms with Crippen LogP contribution in [-0.4, -0.2) is 29.7 Å². The standard InChI is InChI=1S/C23H25NO4/c1-12-16-9-7-8-10-18(16)24-19(12)11-17-20(23(24,26)15(4)25)13(2)21(27-5)14(3)22(17)28-6/h7-10,26H,11H2,1-6H3. The SMILES string of the molecule is COc1c(C)c(OC)c2c(c1C)C(O)(C(C)=O)n1c(c(C)c3ccccc31)C2. The topological polar surface area (TPSA) is 60.7 Å². The van der Waals surface area contributed by atoms with Crippen molar-refractivity contribution in [1.82, 2.24) is 4.57 Å². The summed E-state index contributed by atoms with van der Waals surface area (Å²) in [5.74, 6) is 0.950. The van der Waals surface area contributed by atoms with Gasteiger partial charge >= 0.3 is 0 Å². The minimum absolute atomic E-state index is 0.341. The number of aliphatic hydroxyl groups is 1. The van der Waals surface area contributed by atoms with E-state index in [2.05, 4.69) is 0 Å². The molecule has 1 aliphatic heterocycles. The quantitative estimate of drug-likeness (QED) is 0.753. The molecule has 1 aliphatic rings. The van der Waals surface area contributed by atoms with Crippen LogP contribution >= 0.6 is 0 Å². The Morgan fingerprint density at radius 2 is 1.68 bits per heavy atom. The van der Waals surface area contributed by atoms with Crippen molar-refractivity contribution < 1.29 is 19.4 Å². The van der Waals surface area contributed by atoms with Crippen LogP contribution in [0, 0.1) is 20.8 Å². The molecule has 5 heteroatoms. The smallest absolute Gasteiger partial charge is 0.229 e. The summed E-state index contributed by atoms with van der Waals surface area (Å²) in [6.45, 7) is 7.30. The predicted octanol–water partition coefficient (Wildman–Crippen LogP) is 3.77. The third-order valence-electron chi connectivity index (χ3n) is 6.14. The van der Waals surface area contributed by atoms with Crippen LogP contribution in [0.1, 0.15) is 40.4 Å². The fraction of sp³-hybridized carbons (Fsp3) is 0.348. The Morgan fingerprint density at radius 3 is 2.29 bits per heavy atom. The zero-order valence-corrected chi connectivity index (χ0v) is 17.1. The second-order valence-electron chi connectivity index (χ2n) is 7.50. The van der Waals surface area contributed by atoms with E-state index in [0.717, 1.165) is 38.9 Å². The van der Waals surface area contributed by atoms with Gasteiger partial charge in [0.1, 0.15) is 11.5 Å². The number of hydrogen-bond donors (Lipinski definition) is 1. The molecule has 1 aromatic heterocycles. The highest BCUT2D eigenvalue weighted by Crippen LogP contribution is 2.49. The van der Waals surface area contributed by atoms with Crippen molar-refractivity contribution in [3.63, 3.8) is 0 Å². The average molecular weight is 379 g/mol. The highest BCUT2D eigenvalue weighted by atomic mass is 16.5. The van der Waals surface area contributed by atoms with E-state index >= 15 is 0 Å². The minimum atomic E-state index is -1.82. The van der Waals surface area contributed by atoms with Crippen LogP contribution in [0.4, 0.5) is 0 Å². The van der Waals surface area contributed by atoms with Gasteiger partial charge in [0.2, 0.25) is 5.72 Å². The van der Waals surface area contributed by atoms with Gasteiger partial charge in [-0.25, -0.2) is 0 Å². The van der Waals surface area contributed by atoms with Gasteiger partial charge in [-0.15, -0.1) is 0 Å². The molecule has 0 aliphatic carbocycles. The van der Waals surface area contributed by atoms with Crippen molar-refractivity contribution in [2.45, 2.75) is 39.8 Å². The van der Waals surface area contributed by atoms with Gasteiger partial charge in [0.25, 0.3) is 0 Å². The maximum atomic E-state index is 13.0. The number of aryl methyl sites for hydroxylation is 1. The molecule has 1 N–H and O–H groups in total. The van der Waals surface area contributed by atoms with Gasteiger partial charge in [0.05, 0.1) is 19.7 Å². The molecule has 0 saturated carbocycles. The van der Waals surface area contributed by atoms with E-state index in [1.165, 1.54) is 6.92 Å². The Balaban J connectivity index is 2.23. The lowest BCUT2D eigenvalue weighted by Crippen LogP contribution is -2.46. The molecular formula is C23H25NO4. The Hall–Kier alpha value is -2.79. The Morgan fingerprint density at radius 1 is 1.04 bits per heavy atom. The molecule has 2 aromatic carbocycles. The second kappa shape index (κ2) is 6.11. The molecule has 0 fully saturated rings. The normalized spacial score (nSPS) is 18.0. The first-order valence-corrected chi connectivity index (χ1v) is 9.36. The van der Waals surface area contributed by atoms with Gasteiger partial charge < -0.3 is 19.1 Å². The molecule has 1 unspecified atom stereocenters. The minimum Gasteiger partial charge on any atom is -0.496 e. The maximum absolute atomic E-state index is 13.0. The van der Waals surface area contributed by atoms with Gasteiger partial charge in [-0.05, 0) is 39.3 Å². The summed E-state index contributed by atoms with van der Waals surface area (Å²) in [7, 11) is 3.21. The van der Waals surface area contributed by atoms with E-state index < -0.39 is 5.72 Å². The molecule has 4 rings (SSSR count). The third-order valence-corrected chi connectivity index (χ3v) is 6.14. The number of ketones is 1. The van der Waals surface area contributed by atoms with Crippen LogP contribution < -0.4 is 9.47 Å². The summed E-state index contributed by atoms with van der Waals surface area (Å²) in [4.78, 5) is 13.0. The zero-order chi connectivity index (χ0) is 20.4. The molecule has 0 bridgehead atoms. The molecule has 3 aromatic rings. The van der Waals surface area contributed by atoms with Crippen LogP contribution in [0.3, 0.4) is 0 Å². The van der Waals surface area contributed by atoms with Crippen LogP contribution in [0.15, 0.2) is 24.3 Å². The highest BCUT2D eigenvalue weighted by Gasteiger charge is 2.47.